The van der Waals surface area contributed by atoms with Crippen LogP contribution in [0.25, 0.3) is 0 Å². The average molecular weight is 259 g/mol. The van der Waals surface area contributed by atoms with Gasteiger partial charge in [0.1, 0.15) is 0 Å². The molecule has 0 aromatic heterocycles. The molecule has 0 spiro atoms. The van der Waals surface area contributed by atoms with Crippen LogP contribution in [0.5, 0.6) is 0 Å². The number of hydrogen-bond acceptors (Lipinski definition) is 2. The second kappa shape index (κ2) is 4.13. The number of amides is 1. The zero-order valence-corrected chi connectivity index (χ0v) is 11.4. The lowest BCUT2D eigenvalue weighted by atomic mass is 10.0. The van der Waals surface area contributed by atoms with Crippen LogP contribution in [0.2, 0.25) is 0 Å². The van der Waals surface area contributed by atoms with Crippen LogP contribution in [0.3, 0.4) is 0 Å². The molecule has 0 heterocycles. The largest absolute Gasteiger partial charge is 0.354 e. The molecule has 3 aliphatic rings. The molecule has 3 N–H and O–H groups in total. The van der Waals surface area contributed by atoms with E-state index < -0.39 is 0 Å². The van der Waals surface area contributed by atoms with Crippen LogP contribution in [0, 0.1) is 29.6 Å². The summed E-state index contributed by atoms with van der Waals surface area (Å²) in [5.74, 6) is 3.83. The number of hydrogen-bond donors (Lipinski definition) is 2. The molecule has 4 unspecified atom stereocenters. The van der Waals surface area contributed by atoms with Gasteiger partial charge in [0.25, 0.3) is 0 Å². The van der Waals surface area contributed by atoms with Crippen LogP contribution >= 0.6 is 12.4 Å². The van der Waals surface area contributed by atoms with Gasteiger partial charge in [-0.2, -0.15) is 0 Å². The van der Waals surface area contributed by atoms with Gasteiger partial charge >= 0.3 is 0 Å². The van der Waals surface area contributed by atoms with Gasteiger partial charge in [0.15, 0.2) is 0 Å². The molecule has 3 rings (SSSR count). The van der Waals surface area contributed by atoms with E-state index in [0.717, 1.165) is 23.7 Å². The fourth-order valence-corrected chi connectivity index (χ4v) is 4.11. The molecule has 3 saturated carbocycles. The van der Waals surface area contributed by atoms with Crippen LogP contribution in [-0.2, 0) is 4.79 Å². The zero-order valence-electron chi connectivity index (χ0n) is 10.6. The summed E-state index contributed by atoms with van der Waals surface area (Å²) in [5.41, 5.74) is 5.58. The maximum absolute atomic E-state index is 12.0. The highest BCUT2D eigenvalue weighted by Gasteiger charge is 2.67. The third-order valence-electron chi connectivity index (χ3n) is 4.76. The van der Waals surface area contributed by atoms with E-state index in [9.17, 15) is 4.79 Å². The molecular weight excluding hydrogens is 236 g/mol. The molecule has 4 atom stereocenters. The summed E-state index contributed by atoms with van der Waals surface area (Å²) in [5, 5.41) is 3.02. The molecule has 3 fully saturated rings. The fourth-order valence-electron chi connectivity index (χ4n) is 4.11. The fraction of sp³-hybridized carbons (Fsp3) is 0.923. The maximum atomic E-state index is 12.0. The molecule has 3 aliphatic carbocycles. The van der Waals surface area contributed by atoms with Crippen LogP contribution in [0.15, 0.2) is 0 Å². The third-order valence-corrected chi connectivity index (χ3v) is 4.76. The van der Waals surface area contributed by atoms with Gasteiger partial charge in [0, 0.05) is 18.0 Å². The van der Waals surface area contributed by atoms with Crippen LogP contribution in [-0.4, -0.2) is 18.0 Å². The minimum Gasteiger partial charge on any atom is -0.354 e. The lowest BCUT2D eigenvalue weighted by Crippen LogP contribution is -2.45. The number of nitrogens with two attached hydrogens (primary N) is 1. The van der Waals surface area contributed by atoms with E-state index in [1.807, 2.05) is 13.8 Å². The summed E-state index contributed by atoms with van der Waals surface area (Å²) in [6, 6.07) is 0. The minimum absolute atomic E-state index is 0. The highest BCUT2D eigenvalue weighted by molar-refractivity contribution is 5.85. The highest BCUT2D eigenvalue weighted by atomic mass is 35.5. The van der Waals surface area contributed by atoms with Crippen molar-refractivity contribution in [1.82, 2.24) is 5.32 Å². The first kappa shape index (κ1) is 13.2. The van der Waals surface area contributed by atoms with E-state index in [4.69, 9.17) is 5.73 Å². The van der Waals surface area contributed by atoms with Crippen molar-refractivity contribution in [3.63, 3.8) is 0 Å². The van der Waals surface area contributed by atoms with Gasteiger partial charge in [0.2, 0.25) is 5.91 Å². The van der Waals surface area contributed by atoms with E-state index in [1.165, 1.54) is 19.3 Å². The van der Waals surface area contributed by atoms with Gasteiger partial charge in [-0.05, 0) is 56.8 Å². The maximum Gasteiger partial charge on any atom is 0.223 e. The van der Waals surface area contributed by atoms with Crippen LogP contribution in [0.1, 0.15) is 33.1 Å². The van der Waals surface area contributed by atoms with Crippen LogP contribution < -0.4 is 11.1 Å². The highest BCUT2D eigenvalue weighted by Crippen LogP contribution is 2.69. The van der Waals surface area contributed by atoms with Gasteiger partial charge in [-0.15, -0.1) is 12.4 Å². The van der Waals surface area contributed by atoms with E-state index in [2.05, 4.69) is 5.32 Å². The summed E-state index contributed by atoms with van der Waals surface area (Å²) in [6.07, 6.45) is 4.15. The van der Waals surface area contributed by atoms with E-state index in [-0.39, 0.29) is 23.9 Å². The Morgan fingerprint density at radius 3 is 2.29 bits per heavy atom. The molecule has 0 radical (unpaired) electrons. The molecule has 98 valence electrons. The Kier molecular flexibility index (Phi) is 3.20. The van der Waals surface area contributed by atoms with Crippen molar-refractivity contribution in [2.75, 3.05) is 6.54 Å². The SMILES string of the molecule is CC(C)(N)CNC(=O)C1C2C3CCC(C3)C12.Cl. The molecule has 3 nitrogen and oxygen atoms in total. The minimum atomic E-state index is -0.293. The number of carbonyl (C=O) groups is 1. The Morgan fingerprint density at radius 2 is 1.82 bits per heavy atom. The monoisotopic (exact) mass is 258 g/mol. The zero-order chi connectivity index (χ0) is 11.5. The number of rotatable bonds is 3. The topological polar surface area (TPSA) is 55.1 Å². The number of carbonyl (C=O) groups excluding carboxylic acids is 1. The third kappa shape index (κ3) is 2.19. The first-order valence-corrected chi connectivity index (χ1v) is 6.54. The second-order valence-electron chi connectivity index (χ2n) is 6.72. The molecule has 2 bridgehead atoms. The Labute approximate surface area is 109 Å². The van der Waals surface area contributed by atoms with E-state index in [0.29, 0.717) is 12.5 Å². The van der Waals surface area contributed by atoms with Crippen molar-refractivity contribution in [1.29, 1.82) is 0 Å². The normalized spacial score (nSPS) is 41.7. The van der Waals surface area contributed by atoms with Crippen molar-refractivity contribution in [3.05, 3.63) is 0 Å². The Hall–Kier alpha value is -0.280. The van der Waals surface area contributed by atoms with Crippen molar-refractivity contribution in [2.45, 2.75) is 38.6 Å². The van der Waals surface area contributed by atoms with Gasteiger partial charge in [-0.1, -0.05) is 0 Å². The lowest BCUT2D eigenvalue weighted by molar-refractivity contribution is -0.123. The molecule has 0 saturated heterocycles. The van der Waals surface area contributed by atoms with Gasteiger partial charge in [-0.3, -0.25) is 4.79 Å². The second-order valence-corrected chi connectivity index (χ2v) is 6.72. The number of fused-ring (bicyclic) bond motifs is 5. The summed E-state index contributed by atoms with van der Waals surface area (Å²) in [7, 11) is 0. The molecular formula is C13H23ClN2O. The van der Waals surface area contributed by atoms with Crippen LogP contribution in [0.4, 0.5) is 0 Å². The van der Waals surface area contributed by atoms with E-state index >= 15 is 0 Å². The lowest BCUT2D eigenvalue weighted by Gasteiger charge is -2.19. The standard InChI is InChI=1S/C13H22N2O.ClH/c1-13(2,14)6-15-12(16)11-9-7-3-4-8(5-7)10(9)11;/h7-11H,3-6,14H2,1-2H3,(H,15,16);1H. The van der Waals surface area contributed by atoms with Crippen molar-refractivity contribution in [3.8, 4) is 0 Å². The van der Waals surface area contributed by atoms with E-state index in [1.54, 1.807) is 0 Å². The quantitative estimate of drug-likeness (QED) is 0.807. The Balaban J connectivity index is 0.00000108. The Morgan fingerprint density at radius 1 is 1.29 bits per heavy atom. The predicted octanol–water partition coefficient (Wildman–Crippen LogP) is 1.55. The number of nitrogens with one attached hydrogen (secondary N) is 1. The first-order valence-electron chi connectivity index (χ1n) is 6.54. The summed E-state index contributed by atoms with van der Waals surface area (Å²) < 4.78 is 0. The van der Waals surface area contributed by atoms with Crippen molar-refractivity contribution < 1.29 is 4.79 Å². The van der Waals surface area contributed by atoms with Gasteiger partial charge < -0.3 is 11.1 Å². The molecule has 4 heteroatoms. The van der Waals surface area contributed by atoms with Crippen molar-refractivity contribution >= 4 is 18.3 Å². The predicted molar refractivity (Wildman–Crippen MR) is 69.8 cm³/mol. The smallest absolute Gasteiger partial charge is 0.223 e. The molecule has 17 heavy (non-hydrogen) atoms. The van der Waals surface area contributed by atoms with Gasteiger partial charge in [-0.25, -0.2) is 0 Å². The summed E-state index contributed by atoms with van der Waals surface area (Å²) >= 11 is 0. The molecule has 0 aliphatic heterocycles. The molecule has 0 aromatic carbocycles. The average Bonchev–Trinajstić information content (AvgIpc) is 2.63. The molecule has 1 amide bonds. The number of halogens is 1. The van der Waals surface area contributed by atoms with Gasteiger partial charge in [0.05, 0.1) is 0 Å². The molecule has 0 aromatic rings. The summed E-state index contributed by atoms with van der Waals surface area (Å²) in [4.78, 5) is 12.0. The first-order chi connectivity index (χ1) is 7.47. The van der Waals surface area contributed by atoms with Crippen molar-refractivity contribution in [2.24, 2.45) is 35.3 Å². The Bertz CT molecular complexity index is 310. The summed E-state index contributed by atoms with van der Waals surface area (Å²) in [6.45, 7) is 4.49.